The molecule has 0 saturated carbocycles. The molecule has 0 aliphatic carbocycles. The van der Waals surface area contributed by atoms with Gasteiger partial charge in [0.15, 0.2) is 0 Å². The van der Waals surface area contributed by atoms with Gasteiger partial charge in [-0.15, -0.1) is 0 Å². The zero-order chi connectivity index (χ0) is 19.3. The zero-order valence-corrected chi connectivity index (χ0v) is 16.4. The van der Waals surface area contributed by atoms with Crippen LogP contribution in [0.15, 0.2) is 36.7 Å². The Morgan fingerprint density at radius 2 is 1.68 bits per heavy atom. The Kier molecular flexibility index (Phi) is 5.71. The summed E-state index contributed by atoms with van der Waals surface area (Å²) < 4.78 is 5.33. The number of carbonyl (C=O) groups is 1. The second-order valence-electron chi connectivity index (χ2n) is 7.35. The molecule has 0 bridgehead atoms. The molecule has 1 amide bonds. The summed E-state index contributed by atoms with van der Waals surface area (Å²) >= 11 is 0. The van der Waals surface area contributed by atoms with Crippen LogP contribution in [0.3, 0.4) is 0 Å². The highest BCUT2D eigenvalue weighted by Crippen LogP contribution is 2.20. The largest absolute Gasteiger partial charge is 0.496 e. The van der Waals surface area contributed by atoms with E-state index in [1.54, 1.807) is 7.11 Å². The SMILES string of the molecule is COc1ccccc1C(=O)N1CCN(Cc2cnc(N3CCCC3)nc2)CC1. The van der Waals surface area contributed by atoms with Crippen molar-refractivity contribution in [1.29, 1.82) is 0 Å². The maximum atomic E-state index is 12.8. The van der Waals surface area contributed by atoms with Gasteiger partial charge in [0.1, 0.15) is 5.75 Å². The number of piperazine rings is 1. The van der Waals surface area contributed by atoms with Crippen molar-refractivity contribution in [3.8, 4) is 5.75 Å². The number of methoxy groups -OCH3 is 1. The van der Waals surface area contributed by atoms with Gasteiger partial charge in [-0.25, -0.2) is 9.97 Å². The van der Waals surface area contributed by atoms with E-state index >= 15 is 0 Å². The van der Waals surface area contributed by atoms with E-state index < -0.39 is 0 Å². The van der Waals surface area contributed by atoms with Gasteiger partial charge in [-0.1, -0.05) is 12.1 Å². The molecule has 148 valence electrons. The Bertz CT molecular complexity index is 797. The number of benzene rings is 1. The van der Waals surface area contributed by atoms with Crippen LogP contribution in [-0.4, -0.2) is 72.1 Å². The molecular weight excluding hydrogens is 354 g/mol. The summed E-state index contributed by atoms with van der Waals surface area (Å²) in [5.74, 6) is 1.51. The van der Waals surface area contributed by atoms with E-state index in [0.29, 0.717) is 24.4 Å². The third kappa shape index (κ3) is 4.09. The minimum atomic E-state index is 0.0374. The van der Waals surface area contributed by atoms with Crippen LogP contribution in [0.5, 0.6) is 5.75 Å². The number of hydrogen-bond acceptors (Lipinski definition) is 6. The van der Waals surface area contributed by atoms with Crippen LogP contribution < -0.4 is 9.64 Å². The predicted molar refractivity (Wildman–Crippen MR) is 108 cm³/mol. The standard InChI is InChI=1S/C21H27N5O2/c1-28-19-7-3-2-6-18(19)20(27)25-12-10-24(11-13-25)16-17-14-22-21(23-15-17)26-8-4-5-9-26/h2-3,6-7,14-15H,4-5,8-13,16H2,1H3. The molecule has 4 rings (SSSR count). The molecule has 2 saturated heterocycles. The first-order chi connectivity index (χ1) is 13.7. The first kappa shape index (κ1) is 18.7. The molecule has 7 heteroatoms. The van der Waals surface area contributed by atoms with Crippen molar-refractivity contribution < 1.29 is 9.53 Å². The van der Waals surface area contributed by atoms with Crippen molar-refractivity contribution in [3.63, 3.8) is 0 Å². The average Bonchev–Trinajstić information content (AvgIpc) is 3.29. The number of nitrogens with zero attached hydrogens (tertiary/aromatic N) is 5. The van der Waals surface area contributed by atoms with Gasteiger partial charge in [0.05, 0.1) is 12.7 Å². The Hall–Kier alpha value is -2.67. The van der Waals surface area contributed by atoms with Gasteiger partial charge in [0, 0.05) is 63.8 Å². The van der Waals surface area contributed by atoms with Crippen LogP contribution in [0.4, 0.5) is 5.95 Å². The highest BCUT2D eigenvalue weighted by Gasteiger charge is 2.24. The van der Waals surface area contributed by atoms with Crippen molar-refractivity contribution >= 4 is 11.9 Å². The molecule has 2 aliphatic heterocycles. The van der Waals surface area contributed by atoms with E-state index in [4.69, 9.17) is 4.74 Å². The molecule has 1 aromatic heterocycles. The molecule has 0 unspecified atom stereocenters. The summed E-state index contributed by atoms with van der Waals surface area (Å²) in [6, 6.07) is 7.41. The second-order valence-corrected chi connectivity index (χ2v) is 7.35. The van der Waals surface area contributed by atoms with Crippen molar-refractivity contribution in [1.82, 2.24) is 19.8 Å². The molecule has 0 N–H and O–H groups in total. The fourth-order valence-electron chi connectivity index (χ4n) is 3.87. The van der Waals surface area contributed by atoms with Gasteiger partial charge in [-0.2, -0.15) is 0 Å². The first-order valence-electron chi connectivity index (χ1n) is 9.95. The van der Waals surface area contributed by atoms with Crippen molar-refractivity contribution in [2.45, 2.75) is 19.4 Å². The fraction of sp³-hybridized carbons (Fsp3) is 0.476. The number of para-hydroxylation sites is 1. The summed E-state index contributed by atoms with van der Waals surface area (Å²) in [5.41, 5.74) is 1.75. The summed E-state index contributed by atoms with van der Waals surface area (Å²) in [6.45, 7) is 6.04. The van der Waals surface area contributed by atoms with Crippen LogP contribution in [0, 0.1) is 0 Å². The number of rotatable bonds is 5. The summed E-state index contributed by atoms with van der Waals surface area (Å²) in [5, 5.41) is 0. The monoisotopic (exact) mass is 381 g/mol. The number of carbonyl (C=O) groups excluding carboxylic acids is 1. The van der Waals surface area contributed by atoms with Crippen molar-refractivity contribution in [2.75, 3.05) is 51.3 Å². The maximum absolute atomic E-state index is 12.8. The summed E-state index contributed by atoms with van der Waals surface area (Å²) in [6.07, 6.45) is 6.33. The Morgan fingerprint density at radius 1 is 1.00 bits per heavy atom. The van der Waals surface area contributed by atoms with E-state index in [0.717, 1.165) is 44.2 Å². The summed E-state index contributed by atoms with van der Waals surface area (Å²) in [7, 11) is 1.60. The second kappa shape index (κ2) is 8.56. The minimum absolute atomic E-state index is 0.0374. The predicted octanol–water partition coefficient (Wildman–Crippen LogP) is 2.04. The number of anilines is 1. The molecule has 1 aromatic carbocycles. The zero-order valence-electron chi connectivity index (χ0n) is 16.4. The Morgan fingerprint density at radius 3 is 2.36 bits per heavy atom. The molecule has 2 fully saturated rings. The van der Waals surface area contributed by atoms with E-state index in [1.807, 2.05) is 41.6 Å². The van der Waals surface area contributed by atoms with E-state index in [9.17, 15) is 4.79 Å². The molecule has 28 heavy (non-hydrogen) atoms. The van der Waals surface area contributed by atoms with Crippen LogP contribution >= 0.6 is 0 Å². The summed E-state index contributed by atoms with van der Waals surface area (Å²) in [4.78, 5) is 28.4. The number of amides is 1. The molecule has 3 heterocycles. The smallest absolute Gasteiger partial charge is 0.257 e. The fourth-order valence-corrected chi connectivity index (χ4v) is 3.87. The normalized spacial score (nSPS) is 17.8. The number of aromatic nitrogens is 2. The van der Waals surface area contributed by atoms with Crippen LogP contribution in [-0.2, 0) is 6.54 Å². The van der Waals surface area contributed by atoms with Crippen molar-refractivity contribution in [2.24, 2.45) is 0 Å². The van der Waals surface area contributed by atoms with Crippen LogP contribution in [0.25, 0.3) is 0 Å². The van der Waals surface area contributed by atoms with Gasteiger partial charge in [0.2, 0.25) is 5.95 Å². The van der Waals surface area contributed by atoms with Gasteiger partial charge in [-0.05, 0) is 25.0 Å². The quantitative estimate of drug-likeness (QED) is 0.790. The van der Waals surface area contributed by atoms with Gasteiger partial charge >= 0.3 is 0 Å². The lowest BCUT2D eigenvalue weighted by atomic mass is 10.1. The minimum Gasteiger partial charge on any atom is -0.496 e. The molecule has 2 aromatic rings. The lowest BCUT2D eigenvalue weighted by molar-refractivity contribution is 0.0625. The third-order valence-electron chi connectivity index (χ3n) is 5.48. The van der Waals surface area contributed by atoms with Crippen LogP contribution in [0.2, 0.25) is 0 Å². The first-order valence-corrected chi connectivity index (χ1v) is 9.95. The molecule has 2 aliphatic rings. The molecule has 0 radical (unpaired) electrons. The molecule has 0 spiro atoms. The Labute approximate surface area is 165 Å². The Balaban J connectivity index is 1.31. The topological polar surface area (TPSA) is 61.8 Å². The maximum Gasteiger partial charge on any atom is 0.257 e. The highest BCUT2D eigenvalue weighted by molar-refractivity contribution is 5.97. The highest BCUT2D eigenvalue weighted by atomic mass is 16.5. The van der Waals surface area contributed by atoms with Gasteiger partial charge in [0.25, 0.3) is 5.91 Å². The average molecular weight is 381 g/mol. The van der Waals surface area contributed by atoms with Crippen molar-refractivity contribution in [3.05, 3.63) is 47.8 Å². The van der Waals surface area contributed by atoms with Gasteiger partial charge < -0.3 is 14.5 Å². The van der Waals surface area contributed by atoms with E-state index in [1.165, 1.54) is 12.8 Å². The molecule has 0 atom stereocenters. The molecule has 7 nitrogen and oxygen atoms in total. The van der Waals surface area contributed by atoms with E-state index in [-0.39, 0.29) is 5.91 Å². The number of hydrogen-bond donors (Lipinski definition) is 0. The third-order valence-corrected chi connectivity index (χ3v) is 5.48. The molecular formula is C21H27N5O2. The lowest BCUT2D eigenvalue weighted by Gasteiger charge is -2.34. The van der Waals surface area contributed by atoms with Crippen LogP contribution in [0.1, 0.15) is 28.8 Å². The lowest BCUT2D eigenvalue weighted by Crippen LogP contribution is -2.48. The number of ether oxygens (including phenoxy) is 1. The van der Waals surface area contributed by atoms with Gasteiger partial charge in [-0.3, -0.25) is 9.69 Å². The van der Waals surface area contributed by atoms with E-state index in [2.05, 4.69) is 19.8 Å².